The molecule has 2 aliphatic rings. The van der Waals surface area contributed by atoms with Gasteiger partial charge in [0.2, 0.25) is 0 Å². The maximum absolute atomic E-state index is 6.43. The minimum absolute atomic E-state index is 0.633. The minimum atomic E-state index is -0.633. The average Bonchev–Trinajstić information content (AvgIpc) is 2.34. The van der Waals surface area contributed by atoms with Crippen molar-refractivity contribution in [1.82, 2.24) is 0 Å². The van der Waals surface area contributed by atoms with Gasteiger partial charge in [-0.15, -0.1) is 0 Å². The third-order valence-corrected chi connectivity index (χ3v) is 3.47. The van der Waals surface area contributed by atoms with Crippen molar-refractivity contribution in [2.75, 3.05) is 11.5 Å². The number of benzene rings is 1. The molecule has 0 aliphatic heterocycles. The Bertz CT molecular complexity index is 556. The zero-order valence-corrected chi connectivity index (χ0v) is 8.83. The standard InChI is InChI=1S/C12H14N4/c13-7-2-1-5-12(16)9(7)6-3-4-8(14)10(12)11(6)15/h1-4H,5,13-16H2. The molecule has 0 heterocycles. The average molecular weight is 214 g/mol. The van der Waals surface area contributed by atoms with Crippen LogP contribution in [0.3, 0.4) is 0 Å². The van der Waals surface area contributed by atoms with E-state index in [4.69, 9.17) is 22.9 Å². The molecular formula is C12H14N4. The van der Waals surface area contributed by atoms with Crippen LogP contribution < -0.4 is 22.9 Å². The van der Waals surface area contributed by atoms with Gasteiger partial charge in [-0.25, -0.2) is 0 Å². The van der Waals surface area contributed by atoms with Crippen molar-refractivity contribution >= 4 is 16.9 Å². The molecule has 8 N–H and O–H groups in total. The highest BCUT2D eigenvalue weighted by Gasteiger charge is 2.44. The van der Waals surface area contributed by atoms with E-state index in [0.717, 1.165) is 16.7 Å². The zero-order valence-electron chi connectivity index (χ0n) is 8.83. The van der Waals surface area contributed by atoms with Gasteiger partial charge in [0.1, 0.15) is 0 Å². The first-order valence-corrected chi connectivity index (χ1v) is 5.20. The van der Waals surface area contributed by atoms with Crippen LogP contribution in [0, 0.1) is 0 Å². The van der Waals surface area contributed by atoms with E-state index in [1.165, 1.54) is 0 Å². The lowest BCUT2D eigenvalue weighted by Crippen LogP contribution is -2.37. The van der Waals surface area contributed by atoms with Gasteiger partial charge < -0.3 is 22.9 Å². The van der Waals surface area contributed by atoms with Gasteiger partial charge in [-0.2, -0.15) is 0 Å². The van der Waals surface area contributed by atoms with Crippen LogP contribution in [0.4, 0.5) is 11.4 Å². The minimum Gasteiger partial charge on any atom is -0.398 e. The molecular weight excluding hydrogens is 200 g/mol. The highest BCUT2D eigenvalue weighted by atomic mass is 14.8. The van der Waals surface area contributed by atoms with Crippen LogP contribution in [0.15, 0.2) is 30.0 Å². The number of nitrogen functional groups attached to an aromatic ring is 2. The van der Waals surface area contributed by atoms with Crippen LogP contribution in [0.1, 0.15) is 17.5 Å². The number of allylic oxidation sites excluding steroid dienone is 1. The van der Waals surface area contributed by atoms with Gasteiger partial charge in [0, 0.05) is 33.8 Å². The molecule has 3 rings (SSSR count). The Morgan fingerprint density at radius 1 is 1.12 bits per heavy atom. The van der Waals surface area contributed by atoms with Gasteiger partial charge in [-0.3, -0.25) is 0 Å². The molecule has 0 fully saturated rings. The van der Waals surface area contributed by atoms with Crippen molar-refractivity contribution in [3.63, 3.8) is 0 Å². The molecule has 2 bridgehead atoms. The first kappa shape index (κ1) is 9.30. The van der Waals surface area contributed by atoms with Gasteiger partial charge >= 0.3 is 0 Å². The van der Waals surface area contributed by atoms with Crippen LogP contribution in [0.5, 0.6) is 0 Å². The second kappa shape index (κ2) is 2.59. The Kier molecular flexibility index (Phi) is 1.51. The van der Waals surface area contributed by atoms with Gasteiger partial charge in [-0.05, 0) is 18.6 Å². The lowest BCUT2D eigenvalue weighted by Gasteiger charge is -2.30. The molecule has 0 aromatic heterocycles. The molecule has 1 aromatic rings. The lowest BCUT2D eigenvalue weighted by atomic mass is 9.81. The summed E-state index contributed by atoms with van der Waals surface area (Å²) in [7, 11) is 0. The monoisotopic (exact) mass is 214 g/mol. The molecule has 0 radical (unpaired) electrons. The maximum atomic E-state index is 6.43. The van der Waals surface area contributed by atoms with Gasteiger partial charge in [-0.1, -0.05) is 12.1 Å². The van der Waals surface area contributed by atoms with Gasteiger partial charge in [0.05, 0.1) is 5.54 Å². The predicted octanol–water partition coefficient (Wildman–Crippen LogP) is 0.648. The second-order valence-corrected chi connectivity index (χ2v) is 4.40. The van der Waals surface area contributed by atoms with Crippen molar-refractivity contribution in [2.45, 2.75) is 12.0 Å². The lowest BCUT2D eigenvalue weighted by molar-refractivity contribution is 0.598. The van der Waals surface area contributed by atoms with E-state index >= 15 is 0 Å². The van der Waals surface area contributed by atoms with Gasteiger partial charge in [0.15, 0.2) is 0 Å². The quantitative estimate of drug-likeness (QED) is 0.476. The summed E-state index contributed by atoms with van der Waals surface area (Å²) in [5.41, 5.74) is 28.5. The molecule has 0 saturated carbocycles. The van der Waals surface area contributed by atoms with E-state index in [2.05, 4.69) is 0 Å². The topological polar surface area (TPSA) is 104 Å². The first-order chi connectivity index (χ1) is 7.55. The molecule has 82 valence electrons. The fourth-order valence-electron chi connectivity index (χ4n) is 2.79. The number of hydrogen-bond donors (Lipinski definition) is 4. The first-order valence-electron chi connectivity index (χ1n) is 5.20. The van der Waals surface area contributed by atoms with Crippen LogP contribution in [-0.2, 0) is 5.54 Å². The largest absolute Gasteiger partial charge is 0.398 e. The van der Waals surface area contributed by atoms with Crippen LogP contribution >= 0.6 is 0 Å². The predicted molar refractivity (Wildman–Crippen MR) is 66.0 cm³/mol. The summed E-state index contributed by atoms with van der Waals surface area (Å²) < 4.78 is 0. The van der Waals surface area contributed by atoms with E-state index in [0.29, 0.717) is 23.5 Å². The zero-order chi connectivity index (χ0) is 11.5. The molecule has 1 unspecified atom stereocenters. The summed E-state index contributed by atoms with van der Waals surface area (Å²) in [4.78, 5) is 0. The van der Waals surface area contributed by atoms with Crippen LogP contribution in [-0.4, -0.2) is 0 Å². The normalized spacial score (nSPS) is 26.1. The number of hydrogen-bond acceptors (Lipinski definition) is 4. The summed E-state index contributed by atoms with van der Waals surface area (Å²) in [5, 5.41) is 0. The molecule has 4 heteroatoms. The third-order valence-electron chi connectivity index (χ3n) is 3.47. The summed E-state index contributed by atoms with van der Waals surface area (Å²) in [6.45, 7) is 0. The van der Waals surface area contributed by atoms with Crippen LogP contribution in [0.2, 0.25) is 0 Å². The van der Waals surface area contributed by atoms with Crippen molar-refractivity contribution < 1.29 is 0 Å². The van der Waals surface area contributed by atoms with Crippen molar-refractivity contribution in [3.8, 4) is 0 Å². The third kappa shape index (κ3) is 0.834. The fourth-order valence-corrected chi connectivity index (χ4v) is 2.79. The molecule has 4 nitrogen and oxygen atoms in total. The summed E-state index contributed by atoms with van der Waals surface area (Å²) in [6, 6.07) is 3.73. The Labute approximate surface area is 93.6 Å². The van der Waals surface area contributed by atoms with Crippen LogP contribution in [0.25, 0.3) is 5.57 Å². The Hall–Kier alpha value is -1.94. The number of anilines is 2. The SMILES string of the molecule is NC1=C2c3ccc(N)c(c3N)C2(N)CC=C1. The number of rotatable bonds is 0. The van der Waals surface area contributed by atoms with E-state index in [9.17, 15) is 0 Å². The summed E-state index contributed by atoms with van der Waals surface area (Å²) in [6.07, 6.45) is 4.53. The highest BCUT2D eigenvalue weighted by molar-refractivity contribution is 5.96. The molecule has 2 aliphatic carbocycles. The smallest absolute Gasteiger partial charge is 0.0768 e. The van der Waals surface area contributed by atoms with Crippen molar-refractivity contribution in [1.29, 1.82) is 0 Å². The summed E-state index contributed by atoms with van der Waals surface area (Å²) >= 11 is 0. The number of fused-ring (bicyclic) bond motifs is 5. The Balaban J connectivity index is 2.42. The molecule has 0 spiro atoms. The van der Waals surface area contributed by atoms with E-state index in [1.807, 2.05) is 24.3 Å². The van der Waals surface area contributed by atoms with Gasteiger partial charge in [0.25, 0.3) is 0 Å². The van der Waals surface area contributed by atoms with Crippen molar-refractivity contribution in [2.24, 2.45) is 11.5 Å². The molecule has 1 aromatic carbocycles. The Morgan fingerprint density at radius 2 is 1.88 bits per heavy atom. The maximum Gasteiger partial charge on any atom is 0.0768 e. The van der Waals surface area contributed by atoms with E-state index in [1.54, 1.807) is 0 Å². The fraction of sp³-hybridized carbons (Fsp3) is 0.167. The van der Waals surface area contributed by atoms with E-state index < -0.39 is 5.54 Å². The Morgan fingerprint density at radius 3 is 2.62 bits per heavy atom. The molecule has 0 saturated heterocycles. The summed E-state index contributed by atoms with van der Waals surface area (Å²) in [5.74, 6) is 0. The molecule has 0 amide bonds. The second-order valence-electron chi connectivity index (χ2n) is 4.40. The molecule has 16 heavy (non-hydrogen) atoms. The highest BCUT2D eigenvalue weighted by Crippen LogP contribution is 2.53. The number of nitrogens with two attached hydrogens (primary N) is 4. The molecule has 1 atom stereocenters. The van der Waals surface area contributed by atoms with E-state index in [-0.39, 0.29) is 0 Å². The van der Waals surface area contributed by atoms with Crippen molar-refractivity contribution in [3.05, 3.63) is 41.1 Å².